The summed E-state index contributed by atoms with van der Waals surface area (Å²) in [7, 11) is 5.88. The van der Waals surface area contributed by atoms with E-state index in [9.17, 15) is 4.79 Å². The van der Waals surface area contributed by atoms with Crippen molar-refractivity contribution in [3.05, 3.63) is 12.2 Å². The standard InChI is InChI=1S/C15H28N6O.CH2O2/c1-13(21-9-7-18(2)8-10-21)5-6-15(22)19(3)11-14-17-16-12-20(14)4;2-1-3/h12-13H,5-11H2,1-4H3;1H,(H,2,3). The zero-order chi connectivity index (χ0) is 18.8. The average Bonchev–Trinajstić information content (AvgIpc) is 2.98. The van der Waals surface area contributed by atoms with E-state index in [0.717, 1.165) is 38.4 Å². The van der Waals surface area contributed by atoms with Crippen molar-refractivity contribution in [1.29, 1.82) is 0 Å². The molecule has 2 heterocycles. The lowest BCUT2D eigenvalue weighted by Crippen LogP contribution is -2.48. The van der Waals surface area contributed by atoms with Gasteiger partial charge in [0.2, 0.25) is 5.91 Å². The number of aromatic nitrogens is 3. The van der Waals surface area contributed by atoms with Crippen LogP contribution in [0, 0.1) is 0 Å². The van der Waals surface area contributed by atoms with Gasteiger partial charge in [0.05, 0.1) is 6.54 Å². The van der Waals surface area contributed by atoms with E-state index in [1.165, 1.54) is 0 Å². The summed E-state index contributed by atoms with van der Waals surface area (Å²) in [5.74, 6) is 0.979. The van der Waals surface area contributed by atoms with Crippen LogP contribution >= 0.6 is 0 Å². The van der Waals surface area contributed by atoms with E-state index >= 15 is 0 Å². The molecule has 25 heavy (non-hydrogen) atoms. The summed E-state index contributed by atoms with van der Waals surface area (Å²) < 4.78 is 1.84. The van der Waals surface area contributed by atoms with Gasteiger partial charge in [0, 0.05) is 52.7 Å². The molecule has 1 aromatic rings. The van der Waals surface area contributed by atoms with Gasteiger partial charge < -0.3 is 19.5 Å². The van der Waals surface area contributed by atoms with Gasteiger partial charge in [-0.25, -0.2) is 0 Å². The predicted molar refractivity (Wildman–Crippen MR) is 93.9 cm³/mol. The number of aryl methyl sites for hydroxylation is 1. The van der Waals surface area contributed by atoms with E-state index < -0.39 is 0 Å². The van der Waals surface area contributed by atoms with Crippen LogP contribution in [0.5, 0.6) is 0 Å². The number of carbonyl (C=O) groups excluding carboxylic acids is 1. The molecule has 0 aromatic carbocycles. The van der Waals surface area contributed by atoms with E-state index in [1.54, 1.807) is 11.2 Å². The van der Waals surface area contributed by atoms with E-state index in [-0.39, 0.29) is 12.4 Å². The van der Waals surface area contributed by atoms with E-state index in [2.05, 4.69) is 34.0 Å². The molecule has 142 valence electrons. The number of likely N-dealkylation sites (N-methyl/N-ethyl adjacent to an activating group) is 1. The lowest BCUT2D eigenvalue weighted by atomic mass is 10.1. The summed E-state index contributed by atoms with van der Waals surface area (Å²) >= 11 is 0. The molecule has 1 aromatic heterocycles. The first-order chi connectivity index (χ1) is 11.9. The van der Waals surface area contributed by atoms with Crippen LogP contribution < -0.4 is 0 Å². The fourth-order valence-corrected chi connectivity index (χ4v) is 2.72. The second kappa shape index (κ2) is 10.8. The van der Waals surface area contributed by atoms with Crippen molar-refractivity contribution in [2.45, 2.75) is 32.4 Å². The maximum absolute atomic E-state index is 12.3. The molecule has 0 saturated carbocycles. The maximum Gasteiger partial charge on any atom is 0.290 e. The van der Waals surface area contributed by atoms with Crippen molar-refractivity contribution in [3.63, 3.8) is 0 Å². The Morgan fingerprint density at radius 3 is 2.48 bits per heavy atom. The molecule has 1 atom stereocenters. The smallest absolute Gasteiger partial charge is 0.290 e. The van der Waals surface area contributed by atoms with Crippen LogP contribution in [0.3, 0.4) is 0 Å². The molecule has 9 nitrogen and oxygen atoms in total. The van der Waals surface area contributed by atoms with Crippen LogP contribution in [0.4, 0.5) is 0 Å². The van der Waals surface area contributed by atoms with Gasteiger partial charge in [0.1, 0.15) is 6.33 Å². The van der Waals surface area contributed by atoms with Crippen molar-refractivity contribution in [2.24, 2.45) is 7.05 Å². The Hall–Kier alpha value is -2.00. The van der Waals surface area contributed by atoms with Crippen LogP contribution in [0.15, 0.2) is 6.33 Å². The molecule has 1 aliphatic heterocycles. The highest BCUT2D eigenvalue weighted by molar-refractivity contribution is 5.75. The van der Waals surface area contributed by atoms with Crippen LogP contribution in [-0.2, 0) is 23.2 Å². The Bertz CT molecular complexity index is 528. The minimum Gasteiger partial charge on any atom is -0.483 e. The fraction of sp³-hybridized carbons (Fsp3) is 0.750. The van der Waals surface area contributed by atoms with Gasteiger partial charge in [0.25, 0.3) is 6.47 Å². The largest absolute Gasteiger partial charge is 0.483 e. The summed E-state index contributed by atoms with van der Waals surface area (Å²) in [6.07, 6.45) is 3.15. The van der Waals surface area contributed by atoms with Crippen molar-refractivity contribution in [2.75, 3.05) is 40.3 Å². The number of rotatable bonds is 6. The molecule has 1 unspecified atom stereocenters. The zero-order valence-electron chi connectivity index (χ0n) is 15.6. The number of carbonyl (C=O) groups is 2. The molecule has 2 rings (SSSR count). The number of nitrogens with zero attached hydrogens (tertiary/aromatic N) is 6. The summed E-state index contributed by atoms with van der Waals surface area (Å²) in [6, 6.07) is 0.459. The number of piperazine rings is 1. The summed E-state index contributed by atoms with van der Waals surface area (Å²) in [5, 5.41) is 14.7. The third-order valence-corrected chi connectivity index (χ3v) is 4.55. The quantitative estimate of drug-likeness (QED) is 0.712. The number of hydrogen-bond donors (Lipinski definition) is 1. The lowest BCUT2D eigenvalue weighted by molar-refractivity contribution is -0.131. The molecule has 0 aliphatic carbocycles. The molecule has 1 saturated heterocycles. The Morgan fingerprint density at radius 2 is 1.96 bits per heavy atom. The minimum atomic E-state index is -0.250. The molecular formula is C16H30N6O3. The van der Waals surface area contributed by atoms with Gasteiger partial charge in [-0.2, -0.15) is 0 Å². The van der Waals surface area contributed by atoms with E-state index in [1.807, 2.05) is 18.7 Å². The molecule has 9 heteroatoms. The SMILES string of the molecule is CC(CCC(=O)N(C)Cc1nncn1C)N1CCN(C)CC1.O=CO. The number of hydrogen-bond acceptors (Lipinski definition) is 6. The Morgan fingerprint density at radius 1 is 1.36 bits per heavy atom. The molecule has 0 spiro atoms. The monoisotopic (exact) mass is 354 g/mol. The highest BCUT2D eigenvalue weighted by Gasteiger charge is 2.20. The average molecular weight is 354 g/mol. The van der Waals surface area contributed by atoms with Crippen molar-refractivity contribution in [3.8, 4) is 0 Å². The molecule has 1 amide bonds. The summed E-state index contributed by atoms with van der Waals surface area (Å²) in [5.41, 5.74) is 0. The summed E-state index contributed by atoms with van der Waals surface area (Å²) in [6.45, 7) is 6.91. The van der Waals surface area contributed by atoms with Crippen LogP contribution in [0.2, 0.25) is 0 Å². The topological polar surface area (TPSA) is 94.8 Å². The molecular weight excluding hydrogens is 324 g/mol. The first kappa shape index (κ1) is 21.0. The van der Waals surface area contributed by atoms with Crippen molar-refractivity contribution < 1.29 is 14.7 Å². The van der Waals surface area contributed by atoms with Crippen molar-refractivity contribution in [1.82, 2.24) is 29.5 Å². The third kappa shape index (κ3) is 7.18. The molecule has 0 bridgehead atoms. The van der Waals surface area contributed by atoms with Gasteiger partial charge in [-0.05, 0) is 20.4 Å². The second-order valence-electron chi connectivity index (χ2n) is 6.44. The van der Waals surface area contributed by atoms with Gasteiger partial charge >= 0.3 is 0 Å². The fourth-order valence-electron chi connectivity index (χ4n) is 2.72. The van der Waals surface area contributed by atoms with E-state index in [4.69, 9.17) is 9.90 Å². The van der Waals surface area contributed by atoms with E-state index in [0.29, 0.717) is 19.0 Å². The molecule has 1 N–H and O–H groups in total. The molecule has 1 fully saturated rings. The first-order valence-electron chi connectivity index (χ1n) is 8.46. The third-order valence-electron chi connectivity index (χ3n) is 4.55. The Labute approximate surface area is 149 Å². The zero-order valence-corrected chi connectivity index (χ0v) is 15.6. The minimum absolute atomic E-state index is 0.170. The van der Waals surface area contributed by atoms with Crippen LogP contribution in [-0.4, -0.2) is 93.3 Å². The van der Waals surface area contributed by atoms with Crippen LogP contribution in [0.1, 0.15) is 25.6 Å². The van der Waals surface area contributed by atoms with Gasteiger partial charge in [-0.15, -0.1) is 10.2 Å². The predicted octanol–water partition coefficient (Wildman–Crippen LogP) is -0.110. The highest BCUT2D eigenvalue weighted by atomic mass is 16.3. The lowest BCUT2D eigenvalue weighted by Gasteiger charge is -2.36. The first-order valence-corrected chi connectivity index (χ1v) is 8.46. The number of carboxylic acid groups (broad SMARTS) is 1. The number of amides is 1. The Balaban J connectivity index is 0.000000970. The summed E-state index contributed by atoms with van der Waals surface area (Å²) in [4.78, 5) is 27.2. The van der Waals surface area contributed by atoms with Gasteiger partial charge in [-0.1, -0.05) is 0 Å². The molecule has 0 radical (unpaired) electrons. The van der Waals surface area contributed by atoms with Crippen LogP contribution in [0.25, 0.3) is 0 Å². The highest BCUT2D eigenvalue weighted by Crippen LogP contribution is 2.11. The van der Waals surface area contributed by atoms with Gasteiger partial charge in [-0.3, -0.25) is 14.5 Å². The Kier molecular flexibility index (Phi) is 9.07. The second-order valence-corrected chi connectivity index (χ2v) is 6.44. The normalized spacial score (nSPS) is 16.6. The molecule has 1 aliphatic rings. The van der Waals surface area contributed by atoms with Crippen molar-refractivity contribution >= 4 is 12.4 Å². The van der Waals surface area contributed by atoms with Gasteiger partial charge in [0.15, 0.2) is 5.82 Å². The maximum atomic E-state index is 12.3.